The van der Waals surface area contributed by atoms with Gasteiger partial charge in [0.15, 0.2) is 0 Å². The van der Waals surface area contributed by atoms with Gasteiger partial charge in [0, 0.05) is 19.0 Å². The standard InChI is InChI=1S/C12H18N6O/c1-2-6-19-12-7-11(14-8-16-12)13-5-3-4-10-15-9-17-18-10/h7-9H,2-6H2,1H3,(H,13,14,16)(H,15,17,18). The molecule has 2 aromatic heterocycles. The molecular weight excluding hydrogens is 244 g/mol. The van der Waals surface area contributed by atoms with Crippen LogP contribution in [0.5, 0.6) is 5.88 Å². The monoisotopic (exact) mass is 262 g/mol. The number of nitrogens with one attached hydrogen (secondary N) is 2. The molecule has 0 amide bonds. The Bertz CT molecular complexity index is 473. The average Bonchev–Trinajstić information content (AvgIpc) is 2.95. The van der Waals surface area contributed by atoms with Gasteiger partial charge >= 0.3 is 0 Å². The van der Waals surface area contributed by atoms with Gasteiger partial charge in [-0.3, -0.25) is 5.10 Å². The van der Waals surface area contributed by atoms with Gasteiger partial charge in [-0.2, -0.15) is 5.10 Å². The predicted molar refractivity (Wildman–Crippen MR) is 71.0 cm³/mol. The number of hydrogen-bond acceptors (Lipinski definition) is 6. The largest absolute Gasteiger partial charge is 0.478 e. The highest BCUT2D eigenvalue weighted by atomic mass is 16.5. The van der Waals surface area contributed by atoms with Gasteiger partial charge in [0.2, 0.25) is 5.88 Å². The smallest absolute Gasteiger partial charge is 0.218 e. The van der Waals surface area contributed by atoms with Gasteiger partial charge in [-0.25, -0.2) is 15.0 Å². The van der Waals surface area contributed by atoms with Gasteiger partial charge in [0.1, 0.15) is 24.3 Å². The molecule has 0 bridgehead atoms. The third-order valence-electron chi connectivity index (χ3n) is 2.46. The summed E-state index contributed by atoms with van der Waals surface area (Å²) in [6.45, 7) is 3.54. The summed E-state index contributed by atoms with van der Waals surface area (Å²) in [5, 5.41) is 9.87. The van der Waals surface area contributed by atoms with E-state index in [0.717, 1.165) is 37.4 Å². The number of H-pyrrole nitrogens is 1. The molecule has 19 heavy (non-hydrogen) atoms. The van der Waals surface area contributed by atoms with E-state index in [1.807, 2.05) is 6.07 Å². The molecule has 102 valence electrons. The zero-order chi connectivity index (χ0) is 13.3. The molecule has 0 spiro atoms. The highest BCUT2D eigenvalue weighted by Crippen LogP contribution is 2.11. The Balaban J connectivity index is 1.73. The van der Waals surface area contributed by atoms with Crippen LogP contribution in [0.2, 0.25) is 0 Å². The molecule has 0 aromatic carbocycles. The first kappa shape index (κ1) is 13.3. The van der Waals surface area contributed by atoms with Crippen molar-refractivity contribution in [2.24, 2.45) is 0 Å². The van der Waals surface area contributed by atoms with Crippen molar-refractivity contribution < 1.29 is 4.74 Å². The number of ether oxygens (including phenoxy) is 1. The van der Waals surface area contributed by atoms with E-state index in [0.29, 0.717) is 12.5 Å². The van der Waals surface area contributed by atoms with Gasteiger partial charge < -0.3 is 10.1 Å². The first-order valence-electron chi connectivity index (χ1n) is 6.41. The Morgan fingerprint density at radius 1 is 1.26 bits per heavy atom. The first-order chi connectivity index (χ1) is 9.38. The molecule has 2 rings (SSSR count). The van der Waals surface area contributed by atoms with Crippen molar-refractivity contribution >= 4 is 5.82 Å². The fraction of sp³-hybridized carbons (Fsp3) is 0.500. The number of anilines is 1. The normalized spacial score (nSPS) is 10.4. The van der Waals surface area contributed by atoms with Crippen LogP contribution >= 0.6 is 0 Å². The van der Waals surface area contributed by atoms with Crippen LogP contribution in [-0.4, -0.2) is 38.3 Å². The lowest BCUT2D eigenvalue weighted by molar-refractivity contribution is 0.305. The number of aromatic amines is 1. The fourth-order valence-electron chi connectivity index (χ4n) is 1.55. The molecule has 0 atom stereocenters. The molecule has 0 fully saturated rings. The summed E-state index contributed by atoms with van der Waals surface area (Å²) in [6.07, 6.45) is 5.79. The van der Waals surface area contributed by atoms with Gasteiger partial charge in [-0.1, -0.05) is 6.92 Å². The maximum atomic E-state index is 5.45. The number of nitrogens with zero attached hydrogens (tertiary/aromatic N) is 4. The Kier molecular flexibility index (Phi) is 5.09. The Hall–Kier alpha value is -2.18. The Morgan fingerprint density at radius 2 is 2.21 bits per heavy atom. The number of rotatable bonds is 8. The zero-order valence-electron chi connectivity index (χ0n) is 11.0. The molecule has 0 saturated heterocycles. The minimum absolute atomic E-state index is 0.606. The molecule has 0 aliphatic heterocycles. The summed E-state index contributed by atoms with van der Waals surface area (Å²) in [4.78, 5) is 12.3. The molecule has 0 radical (unpaired) electrons. The third kappa shape index (κ3) is 4.53. The maximum absolute atomic E-state index is 5.45. The number of hydrogen-bond donors (Lipinski definition) is 2. The van der Waals surface area contributed by atoms with Gasteiger partial charge in [-0.15, -0.1) is 0 Å². The van der Waals surface area contributed by atoms with Gasteiger partial charge in [0.25, 0.3) is 0 Å². The van der Waals surface area contributed by atoms with Gasteiger partial charge in [0.05, 0.1) is 6.61 Å². The lowest BCUT2D eigenvalue weighted by Crippen LogP contribution is -2.06. The van der Waals surface area contributed by atoms with E-state index in [1.54, 1.807) is 0 Å². The van der Waals surface area contributed by atoms with Crippen LogP contribution in [0.1, 0.15) is 25.6 Å². The predicted octanol–water partition coefficient (Wildman–Crippen LogP) is 1.43. The quantitative estimate of drug-likeness (QED) is 0.700. The minimum atomic E-state index is 0.606. The number of aromatic nitrogens is 5. The summed E-state index contributed by atoms with van der Waals surface area (Å²) < 4.78 is 5.45. The van der Waals surface area contributed by atoms with Crippen LogP contribution < -0.4 is 10.1 Å². The van der Waals surface area contributed by atoms with Crippen molar-refractivity contribution in [1.82, 2.24) is 25.1 Å². The second-order valence-corrected chi connectivity index (χ2v) is 4.05. The minimum Gasteiger partial charge on any atom is -0.478 e. The van der Waals surface area contributed by atoms with Crippen LogP contribution in [0.15, 0.2) is 18.7 Å². The van der Waals surface area contributed by atoms with Crippen molar-refractivity contribution in [2.75, 3.05) is 18.5 Å². The van der Waals surface area contributed by atoms with Crippen LogP contribution in [0.4, 0.5) is 5.82 Å². The van der Waals surface area contributed by atoms with E-state index in [9.17, 15) is 0 Å². The third-order valence-corrected chi connectivity index (χ3v) is 2.46. The summed E-state index contributed by atoms with van der Waals surface area (Å²) in [6, 6.07) is 1.81. The lowest BCUT2D eigenvalue weighted by Gasteiger charge is -2.07. The Labute approximate surface area is 111 Å². The van der Waals surface area contributed by atoms with Crippen LogP contribution in [0, 0.1) is 0 Å². The molecule has 0 aliphatic carbocycles. The summed E-state index contributed by atoms with van der Waals surface area (Å²) >= 11 is 0. The average molecular weight is 262 g/mol. The van der Waals surface area contributed by atoms with E-state index >= 15 is 0 Å². The van der Waals surface area contributed by atoms with E-state index < -0.39 is 0 Å². The van der Waals surface area contributed by atoms with E-state index in [4.69, 9.17) is 4.74 Å². The van der Waals surface area contributed by atoms with Gasteiger partial charge in [-0.05, 0) is 12.8 Å². The topological polar surface area (TPSA) is 88.6 Å². The van der Waals surface area contributed by atoms with Crippen LogP contribution in [-0.2, 0) is 6.42 Å². The zero-order valence-corrected chi connectivity index (χ0v) is 11.0. The van der Waals surface area contributed by atoms with E-state index in [1.165, 1.54) is 12.7 Å². The van der Waals surface area contributed by atoms with Crippen molar-refractivity contribution in [3.8, 4) is 5.88 Å². The Morgan fingerprint density at radius 3 is 3.00 bits per heavy atom. The molecular formula is C12H18N6O. The first-order valence-corrected chi connectivity index (χ1v) is 6.41. The molecule has 0 unspecified atom stereocenters. The molecule has 7 nitrogen and oxygen atoms in total. The van der Waals surface area contributed by atoms with Crippen LogP contribution in [0.25, 0.3) is 0 Å². The molecule has 2 aromatic rings. The van der Waals surface area contributed by atoms with Crippen molar-refractivity contribution in [2.45, 2.75) is 26.2 Å². The second-order valence-electron chi connectivity index (χ2n) is 4.05. The summed E-state index contributed by atoms with van der Waals surface area (Å²) in [5.74, 6) is 2.28. The molecule has 0 aliphatic rings. The van der Waals surface area contributed by atoms with E-state index in [-0.39, 0.29) is 0 Å². The van der Waals surface area contributed by atoms with Crippen molar-refractivity contribution in [3.05, 3.63) is 24.5 Å². The lowest BCUT2D eigenvalue weighted by atomic mass is 10.3. The highest BCUT2D eigenvalue weighted by molar-refractivity contribution is 5.36. The summed E-state index contributed by atoms with van der Waals surface area (Å²) in [5.41, 5.74) is 0. The molecule has 2 heterocycles. The van der Waals surface area contributed by atoms with Crippen molar-refractivity contribution in [1.29, 1.82) is 0 Å². The maximum Gasteiger partial charge on any atom is 0.218 e. The molecule has 0 saturated carbocycles. The summed E-state index contributed by atoms with van der Waals surface area (Å²) in [7, 11) is 0. The molecule has 2 N–H and O–H groups in total. The second kappa shape index (κ2) is 7.30. The van der Waals surface area contributed by atoms with E-state index in [2.05, 4.69) is 37.4 Å². The van der Waals surface area contributed by atoms with Crippen molar-refractivity contribution in [3.63, 3.8) is 0 Å². The SMILES string of the molecule is CCCOc1cc(NCCCc2ncn[nH]2)ncn1. The highest BCUT2D eigenvalue weighted by Gasteiger charge is 2.00. The number of aryl methyl sites for hydroxylation is 1. The molecule has 7 heteroatoms. The fourth-order valence-corrected chi connectivity index (χ4v) is 1.55. The van der Waals surface area contributed by atoms with Crippen LogP contribution in [0.3, 0.4) is 0 Å².